The molecule has 2 N–H and O–H groups in total. The Labute approximate surface area is 116 Å². The molecule has 0 radical (unpaired) electrons. The third-order valence-corrected chi connectivity index (χ3v) is 3.38. The minimum atomic E-state index is 0.560. The molecule has 0 bridgehead atoms. The van der Waals surface area contributed by atoms with E-state index in [-0.39, 0.29) is 0 Å². The third-order valence-electron chi connectivity index (χ3n) is 2.64. The highest BCUT2D eigenvalue weighted by atomic mass is 35.5. The summed E-state index contributed by atoms with van der Waals surface area (Å²) in [5, 5.41) is 1.12. The summed E-state index contributed by atoms with van der Waals surface area (Å²) in [6.45, 7) is 0.700. The van der Waals surface area contributed by atoms with Crippen LogP contribution in [0.25, 0.3) is 0 Å². The first-order valence-corrected chi connectivity index (χ1v) is 6.18. The fraction of sp³-hybridized carbons (Fsp3) is 0.154. The van der Waals surface area contributed by atoms with Crippen LogP contribution in [0.5, 0.6) is 0 Å². The van der Waals surface area contributed by atoms with Crippen molar-refractivity contribution in [2.75, 3.05) is 17.7 Å². The van der Waals surface area contributed by atoms with Gasteiger partial charge in [-0.1, -0.05) is 29.3 Å². The van der Waals surface area contributed by atoms with Crippen LogP contribution in [0.3, 0.4) is 0 Å². The number of halogens is 2. The van der Waals surface area contributed by atoms with Crippen LogP contribution in [0.4, 0.5) is 11.4 Å². The Hall–Kier alpha value is -1.45. The molecule has 0 saturated heterocycles. The lowest BCUT2D eigenvalue weighted by atomic mass is 10.2. The van der Waals surface area contributed by atoms with Crippen molar-refractivity contribution in [3.8, 4) is 0 Å². The molecule has 3 nitrogen and oxygen atoms in total. The van der Waals surface area contributed by atoms with Gasteiger partial charge in [-0.25, -0.2) is 0 Å². The van der Waals surface area contributed by atoms with Gasteiger partial charge in [-0.15, -0.1) is 0 Å². The Kier molecular flexibility index (Phi) is 3.94. The smallest absolute Gasteiger partial charge is 0.0738 e. The van der Waals surface area contributed by atoms with Crippen molar-refractivity contribution >= 4 is 34.6 Å². The van der Waals surface area contributed by atoms with E-state index < -0.39 is 0 Å². The van der Waals surface area contributed by atoms with Crippen molar-refractivity contribution in [1.82, 2.24) is 4.98 Å². The summed E-state index contributed by atoms with van der Waals surface area (Å²) in [7, 11) is 1.97. The largest absolute Gasteiger partial charge is 0.396 e. The van der Waals surface area contributed by atoms with Crippen LogP contribution in [0.1, 0.15) is 5.56 Å². The van der Waals surface area contributed by atoms with Gasteiger partial charge in [0.05, 0.1) is 27.6 Å². The van der Waals surface area contributed by atoms with E-state index in [0.29, 0.717) is 22.3 Å². The van der Waals surface area contributed by atoms with Crippen LogP contribution < -0.4 is 10.6 Å². The molecule has 0 amide bonds. The number of benzene rings is 1. The summed E-state index contributed by atoms with van der Waals surface area (Å²) in [6, 6.07) is 7.48. The van der Waals surface area contributed by atoms with E-state index in [0.717, 1.165) is 11.3 Å². The van der Waals surface area contributed by atoms with Gasteiger partial charge >= 0.3 is 0 Å². The number of pyridine rings is 1. The second kappa shape index (κ2) is 5.46. The van der Waals surface area contributed by atoms with Crippen molar-refractivity contribution in [2.45, 2.75) is 6.54 Å². The van der Waals surface area contributed by atoms with E-state index in [4.69, 9.17) is 28.9 Å². The van der Waals surface area contributed by atoms with Crippen molar-refractivity contribution in [3.63, 3.8) is 0 Å². The zero-order valence-electron chi connectivity index (χ0n) is 9.90. The van der Waals surface area contributed by atoms with E-state index in [9.17, 15) is 0 Å². The quantitative estimate of drug-likeness (QED) is 0.935. The van der Waals surface area contributed by atoms with Crippen LogP contribution in [0.2, 0.25) is 10.0 Å². The maximum absolute atomic E-state index is 5.99. The standard InChI is InChI=1S/C13H13Cl2N3/c1-18(13-4-5-17-7-12(13)16)8-9-2-3-10(14)11(15)6-9/h2-7H,8,16H2,1H3. The summed E-state index contributed by atoms with van der Waals surface area (Å²) in [5.74, 6) is 0. The highest BCUT2D eigenvalue weighted by molar-refractivity contribution is 6.42. The molecule has 0 aliphatic heterocycles. The van der Waals surface area contributed by atoms with Crippen LogP contribution >= 0.6 is 23.2 Å². The highest BCUT2D eigenvalue weighted by Crippen LogP contribution is 2.25. The molecule has 0 aliphatic carbocycles. The van der Waals surface area contributed by atoms with Gasteiger partial charge in [0.1, 0.15) is 0 Å². The third kappa shape index (κ3) is 2.86. The average Bonchev–Trinajstić information content (AvgIpc) is 2.34. The fourth-order valence-electron chi connectivity index (χ4n) is 1.74. The van der Waals surface area contributed by atoms with Crippen molar-refractivity contribution in [2.24, 2.45) is 0 Å². The van der Waals surface area contributed by atoms with Gasteiger partial charge in [0.2, 0.25) is 0 Å². The molecule has 2 aromatic rings. The van der Waals surface area contributed by atoms with E-state index in [2.05, 4.69) is 4.98 Å². The predicted molar refractivity (Wildman–Crippen MR) is 77.2 cm³/mol. The Morgan fingerprint density at radius 1 is 1.22 bits per heavy atom. The number of nitrogens with two attached hydrogens (primary N) is 1. The molecule has 94 valence electrons. The van der Waals surface area contributed by atoms with Crippen LogP contribution in [0.15, 0.2) is 36.7 Å². The van der Waals surface area contributed by atoms with Gasteiger partial charge in [0.15, 0.2) is 0 Å². The van der Waals surface area contributed by atoms with Crippen LogP contribution in [-0.4, -0.2) is 12.0 Å². The highest BCUT2D eigenvalue weighted by Gasteiger charge is 2.07. The molecule has 5 heteroatoms. The van der Waals surface area contributed by atoms with Gasteiger partial charge < -0.3 is 10.6 Å². The minimum Gasteiger partial charge on any atom is -0.396 e. The van der Waals surface area contributed by atoms with E-state index in [1.54, 1.807) is 18.5 Å². The summed E-state index contributed by atoms with van der Waals surface area (Å²) >= 11 is 11.9. The van der Waals surface area contributed by atoms with E-state index >= 15 is 0 Å². The normalized spacial score (nSPS) is 10.4. The first kappa shape index (κ1) is 13.0. The number of nitrogens with zero attached hydrogens (tertiary/aromatic N) is 2. The second-order valence-electron chi connectivity index (χ2n) is 4.04. The average molecular weight is 282 g/mol. The topological polar surface area (TPSA) is 42.2 Å². The number of rotatable bonds is 3. The molecular formula is C13H13Cl2N3. The lowest BCUT2D eigenvalue weighted by Crippen LogP contribution is -2.17. The minimum absolute atomic E-state index is 0.560. The number of aromatic nitrogens is 1. The van der Waals surface area contributed by atoms with Crippen molar-refractivity contribution in [1.29, 1.82) is 0 Å². The zero-order chi connectivity index (χ0) is 13.1. The SMILES string of the molecule is CN(Cc1ccc(Cl)c(Cl)c1)c1ccncc1N. The molecule has 1 aromatic heterocycles. The molecule has 1 heterocycles. The Morgan fingerprint density at radius 2 is 2.00 bits per heavy atom. The Morgan fingerprint density at radius 3 is 2.67 bits per heavy atom. The molecule has 0 spiro atoms. The van der Waals surface area contributed by atoms with Gasteiger partial charge in [-0.3, -0.25) is 4.98 Å². The molecule has 0 unspecified atom stereocenters. The van der Waals surface area contributed by atoms with E-state index in [1.807, 2.05) is 30.1 Å². The number of anilines is 2. The summed E-state index contributed by atoms with van der Waals surface area (Å²) in [5.41, 5.74) is 8.54. The van der Waals surface area contributed by atoms with Crippen LogP contribution in [0, 0.1) is 0 Å². The molecule has 0 atom stereocenters. The lowest BCUT2D eigenvalue weighted by Gasteiger charge is -2.21. The fourth-order valence-corrected chi connectivity index (χ4v) is 2.06. The molecular weight excluding hydrogens is 269 g/mol. The van der Waals surface area contributed by atoms with Gasteiger partial charge in [-0.2, -0.15) is 0 Å². The first-order valence-electron chi connectivity index (χ1n) is 5.42. The molecule has 0 fully saturated rings. The van der Waals surface area contributed by atoms with Gasteiger partial charge in [0.25, 0.3) is 0 Å². The summed E-state index contributed by atoms with van der Waals surface area (Å²) in [4.78, 5) is 6.01. The molecule has 0 saturated carbocycles. The maximum Gasteiger partial charge on any atom is 0.0738 e. The van der Waals surface area contributed by atoms with E-state index in [1.165, 1.54) is 0 Å². The monoisotopic (exact) mass is 281 g/mol. The van der Waals surface area contributed by atoms with Crippen molar-refractivity contribution in [3.05, 3.63) is 52.3 Å². The molecule has 1 aromatic carbocycles. The Bertz CT molecular complexity index is 558. The summed E-state index contributed by atoms with van der Waals surface area (Å²) < 4.78 is 0. The lowest BCUT2D eigenvalue weighted by molar-refractivity contribution is 0.923. The van der Waals surface area contributed by atoms with Crippen molar-refractivity contribution < 1.29 is 0 Å². The number of hydrogen-bond donors (Lipinski definition) is 1. The number of hydrogen-bond acceptors (Lipinski definition) is 3. The maximum atomic E-state index is 5.99. The molecule has 0 aliphatic rings. The first-order chi connectivity index (χ1) is 8.58. The van der Waals surface area contributed by atoms with Gasteiger partial charge in [-0.05, 0) is 23.8 Å². The predicted octanol–water partition coefficient (Wildman–Crippen LogP) is 3.61. The Balaban J connectivity index is 2.19. The molecule has 2 rings (SSSR count). The zero-order valence-corrected chi connectivity index (χ0v) is 11.4. The number of nitrogen functional groups attached to an aromatic ring is 1. The summed E-state index contributed by atoms with van der Waals surface area (Å²) in [6.07, 6.45) is 3.36. The second-order valence-corrected chi connectivity index (χ2v) is 4.85. The van der Waals surface area contributed by atoms with Crippen LogP contribution in [-0.2, 0) is 6.54 Å². The molecule has 18 heavy (non-hydrogen) atoms. The van der Waals surface area contributed by atoms with Gasteiger partial charge in [0, 0.05) is 19.8 Å².